The Kier molecular flexibility index (Phi) is 3.49. The lowest BCUT2D eigenvalue weighted by Crippen LogP contribution is -2.49. The maximum Gasteiger partial charge on any atom is 0.231 e. The van der Waals surface area contributed by atoms with Crippen LogP contribution < -0.4 is 0 Å². The summed E-state index contributed by atoms with van der Waals surface area (Å²) in [5.41, 5.74) is -0.127. The van der Waals surface area contributed by atoms with E-state index in [0.29, 0.717) is 12.5 Å². The summed E-state index contributed by atoms with van der Waals surface area (Å²) in [4.78, 5) is 1.90. The van der Waals surface area contributed by atoms with Crippen LogP contribution in [-0.4, -0.2) is 50.1 Å². The number of aliphatic hydroxyl groups is 4. The maximum absolute atomic E-state index is 9.94. The summed E-state index contributed by atoms with van der Waals surface area (Å²) in [6.45, 7) is 2.57. The van der Waals surface area contributed by atoms with Crippen molar-refractivity contribution >= 4 is 0 Å². The van der Waals surface area contributed by atoms with Gasteiger partial charge in [0.15, 0.2) is 6.29 Å². The van der Waals surface area contributed by atoms with Gasteiger partial charge in [0, 0.05) is 18.0 Å². The Hall–Kier alpha value is -0.200. The Morgan fingerprint density at radius 3 is 2.29 bits per heavy atom. The topological polar surface area (TPSA) is 84.2 Å². The van der Waals surface area contributed by atoms with E-state index in [9.17, 15) is 10.2 Å². The van der Waals surface area contributed by atoms with Gasteiger partial charge in [0.1, 0.15) is 0 Å². The molecular weight excluding hydrogens is 222 g/mol. The van der Waals surface area contributed by atoms with Crippen molar-refractivity contribution in [1.82, 2.24) is 4.90 Å². The molecule has 5 nitrogen and oxygen atoms in total. The summed E-state index contributed by atoms with van der Waals surface area (Å²) in [5, 5.41) is 35.7. The van der Waals surface area contributed by atoms with Gasteiger partial charge < -0.3 is 20.4 Å². The zero-order valence-corrected chi connectivity index (χ0v) is 10.3. The third-order valence-electron chi connectivity index (χ3n) is 4.33. The smallest absolute Gasteiger partial charge is 0.231 e. The molecule has 1 saturated carbocycles. The second kappa shape index (κ2) is 4.48. The van der Waals surface area contributed by atoms with Gasteiger partial charge in [0.2, 0.25) is 5.91 Å². The SMILES string of the molecule is CCC(O)O.OC1(O)N2CCCC2CC12CC2. The molecule has 2 aliphatic heterocycles. The second-order valence-electron chi connectivity index (χ2n) is 5.50. The highest BCUT2D eigenvalue weighted by molar-refractivity contribution is 5.12. The number of rotatable bonds is 1. The van der Waals surface area contributed by atoms with Crippen LogP contribution in [0, 0.1) is 5.41 Å². The molecule has 0 aromatic carbocycles. The minimum absolute atomic E-state index is 0.127. The van der Waals surface area contributed by atoms with Crippen molar-refractivity contribution < 1.29 is 20.4 Å². The molecule has 5 heteroatoms. The zero-order valence-electron chi connectivity index (χ0n) is 10.3. The quantitative estimate of drug-likeness (QED) is 0.488. The number of fused-ring (bicyclic) bond motifs is 1. The molecule has 0 aromatic heterocycles. The predicted molar refractivity (Wildman–Crippen MR) is 61.7 cm³/mol. The van der Waals surface area contributed by atoms with Crippen LogP contribution in [-0.2, 0) is 0 Å². The molecule has 1 unspecified atom stereocenters. The van der Waals surface area contributed by atoms with Gasteiger partial charge in [0.05, 0.1) is 0 Å². The van der Waals surface area contributed by atoms with Crippen LogP contribution >= 0.6 is 0 Å². The van der Waals surface area contributed by atoms with Gasteiger partial charge in [-0.2, -0.15) is 0 Å². The van der Waals surface area contributed by atoms with Gasteiger partial charge in [-0.25, -0.2) is 4.90 Å². The van der Waals surface area contributed by atoms with Crippen molar-refractivity contribution in [3.8, 4) is 0 Å². The van der Waals surface area contributed by atoms with Crippen LogP contribution in [0.5, 0.6) is 0 Å². The monoisotopic (exact) mass is 245 g/mol. The molecule has 3 aliphatic rings. The van der Waals surface area contributed by atoms with Gasteiger partial charge in [0.25, 0.3) is 0 Å². The Bertz CT molecular complexity index is 276. The maximum atomic E-state index is 9.94. The molecule has 0 bridgehead atoms. The predicted octanol–water partition coefficient (Wildman–Crippen LogP) is -0.0198. The highest BCUT2D eigenvalue weighted by atomic mass is 16.5. The highest BCUT2D eigenvalue weighted by Gasteiger charge is 2.68. The summed E-state index contributed by atoms with van der Waals surface area (Å²) in [6, 6.07) is 0.461. The van der Waals surface area contributed by atoms with Crippen molar-refractivity contribution in [2.75, 3.05) is 6.54 Å². The van der Waals surface area contributed by atoms with Crippen LogP contribution in [0.3, 0.4) is 0 Å². The minimum Gasteiger partial charge on any atom is -0.368 e. The lowest BCUT2D eigenvalue weighted by atomic mass is 9.98. The number of hydrogen-bond acceptors (Lipinski definition) is 5. The van der Waals surface area contributed by atoms with Gasteiger partial charge in [-0.15, -0.1) is 0 Å². The molecule has 1 aliphatic carbocycles. The summed E-state index contributed by atoms with van der Waals surface area (Å²) in [7, 11) is 0. The molecule has 0 amide bonds. The van der Waals surface area contributed by atoms with Crippen molar-refractivity contribution in [3.63, 3.8) is 0 Å². The first-order valence-electron chi connectivity index (χ1n) is 6.50. The van der Waals surface area contributed by atoms with Crippen molar-refractivity contribution in [2.45, 2.75) is 63.7 Å². The van der Waals surface area contributed by atoms with Gasteiger partial charge in [-0.05, 0) is 38.5 Å². The number of aliphatic hydroxyl groups excluding tert-OH is 1. The van der Waals surface area contributed by atoms with Crippen LogP contribution in [0.15, 0.2) is 0 Å². The van der Waals surface area contributed by atoms with Crippen LogP contribution in [0.1, 0.15) is 45.4 Å². The first kappa shape index (κ1) is 13.2. The molecular formula is C12H23NO4. The largest absolute Gasteiger partial charge is 0.368 e. The zero-order chi connectivity index (χ0) is 12.7. The molecule has 0 aromatic rings. The average molecular weight is 245 g/mol. The van der Waals surface area contributed by atoms with E-state index in [2.05, 4.69) is 0 Å². The number of nitrogens with zero attached hydrogens (tertiary/aromatic N) is 1. The van der Waals surface area contributed by atoms with Crippen molar-refractivity contribution in [2.24, 2.45) is 5.41 Å². The third-order valence-corrected chi connectivity index (χ3v) is 4.33. The summed E-state index contributed by atoms with van der Waals surface area (Å²) < 4.78 is 0. The molecule has 4 N–H and O–H groups in total. The molecule has 100 valence electrons. The molecule has 2 saturated heterocycles. The number of hydrogen-bond donors (Lipinski definition) is 4. The fourth-order valence-corrected chi connectivity index (χ4v) is 3.04. The average Bonchev–Trinajstić information content (AvgIpc) is 2.84. The van der Waals surface area contributed by atoms with E-state index in [1.807, 2.05) is 4.90 Å². The molecule has 1 spiro atoms. The normalized spacial score (nSPS) is 32.5. The van der Waals surface area contributed by atoms with Gasteiger partial charge >= 0.3 is 0 Å². The van der Waals surface area contributed by atoms with Crippen molar-refractivity contribution in [1.29, 1.82) is 0 Å². The van der Waals surface area contributed by atoms with E-state index in [-0.39, 0.29) is 5.41 Å². The molecule has 3 rings (SSSR count). The Morgan fingerprint density at radius 1 is 1.29 bits per heavy atom. The fraction of sp³-hybridized carbons (Fsp3) is 1.00. The molecule has 17 heavy (non-hydrogen) atoms. The van der Waals surface area contributed by atoms with E-state index >= 15 is 0 Å². The van der Waals surface area contributed by atoms with E-state index < -0.39 is 12.2 Å². The standard InChI is InChI=1S/C9H15NO2.C3H8O2/c11-9(12)8(3-4-8)6-7-2-1-5-10(7)9;1-2-3(4)5/h7,11-12H,1-6H2;3-5H,2H2,1H3. The summed E-state index contributed by atoms with van der Waals surface area (Å²) in [5.74, 6) is -1.46. The Morgan fingerprint density at radius 2 is 1.88 bits per heavy atom. The van der Waals surface area contributed by atoms with Crippen LogP contribution in [0.2, 0.25) is 0 Å². The van der Waals surface area contributed by atoms with Crippen LogP contribution in [0.4, 0.5) is 0 Å². The molecule has 0 radical (unpaired) electrons. The third kappa shape index (κ3) is 2.22. The molecule has 2 heterocycles. The lowest BCUT2D eigenvalue weighted by molar-refractivity contribution is -0.278. The summed E-state index contributed by atoms with van der Waals surface area (Å²) in [6.07, 6.45) is 4.61. The van der Waals surface area contributed by atoms with E-state index in [1.54, 1.807) is 6.92 Å². The summed E-state index contributed by atoms with van der Waals surface area (Å²) >= 11 is 0. The van der Waals surface area contributed by atoms with Gasteiger partial charge in [-0.1, -0.05) is 6.92 Å². The first-order chi connectivity index (χ1) is 7.93. The Labute approximate surface area is 102 Å². The lowest BCUT2D eigenvalue weighted by Gasteiger charge is -2.31. The van der Waals surface area contributed by atoms with Crippen molar-refractivity contribution in [3.05, 3.63) is 0 Å². The van der Waals surface area contributed by atoms with E-state index in [1.165, 1.54) is 0 Å². The fourth-order valence-electron chi connectivity index (χ4n) is 3.04. The first-order valence-corrected chi connectivity index (χ1v) is 6.50. The molecule has 1 atom stereocenters. The second-order valence-corrected chi connectivity index (χ2v) is 5.50. The van der Waals surface area contributed by atoms with Gasteiger partial charge in [-0.3, -0.25) is 0 Å². The van der Waals surface area contributed by atoms with Crippen LogP contribution in [0.25, 0.3) is 0 Å². The minimum atomic E-state index is -1.46. The van der Waals surface area contributed by atoms with E-state index in [4.69, 9.17) is 10.2 Å². The molecule has 3 fully saturated rings. The van der Waals surface area contributed by atoms with E-state index in [0.717, 1.165) is 38.6 Å². The Balaban J connectivity index is 0.000000188. The highest BCUT2D eigenvalue weighted by Crippen LogP contribution is 2.63.